The van der Waals surface area contributed by atoms with E-state index < -0.39 is 0 Å². The fraction of sp³-hybridized carbons (Fsp3) is 0.594. The highest BCUT2D eigenvalue weighted by Crippen LogP contribution is 2.32. The van der Waals surface area contributed by atoms with E-state index in [1.807, 2.05) is 0 Å². The second-order valence-corrected chi connectivity index (χ2v) is 10.3. The Bertz CT molecular complexity index is 778. The predicted octanol–water partition coefficient (Wildman–Crippen LogP) is 9.75. The van der Waals surface area contributed by atoms with Gasteiger partial charge in [-0.2, -0.15) is 0 Å². The third-order valence-corrected chi connectivity index (χ3v) is 7.51. The highest BCUT2D eigenvalue weighted by atomic mass is 14.7. The first kappa shape index (κ1) is 25.7. The number of pyridine rings is 1. The Balaban J connectivity index is 1.36. The quantitative estimate of drug-likeness (QED) is 0.208. The summed E-state index contributed by atoms with van der Waals surface area (Å²) in [4.78, 5) is 4.72. The summed E-state index contributed by atoms with van der Waals surface area (Å²) in [5, 5.41) is 0. The lowest BCUT2D eigenvalue weighted by Crippen LogP contribution is -2.13. The number of allylic oxidation sites excluding steroid dienone is 2. The number of aromatic nitrogens is 1. The van der Waals surface area contributed by atoms with E-state index in [4.69, 9.17) is 4.98 Å². The van der Waals surface area contributed by atoms with Crippen molar-refractivity contribution in [2.75, 3.05) is 0 Å². The zero-order chi connectivity index (χ0) is 23.1. The van der Waals surface area contributed by atoms with Crippen LogP contribution in [0.3, 0.4) is 0 Å². The topological polar surface area (TPSA) is 12.9 Å². The molecule has 1 nitrogen and oxygen atoms in total. The van der Waals surface area contributed by atoms with Crippen molar-refractivity contribution in [2.45, 2.75) is 110 Å². The molecule has 0 amide bonds. The molecule has 1 heterocycles. The lowest BCUT2D eigenvalue weighted by atomic mass is 9.79. The van der Waals surface area contributed by atoms with Gasteiger partial charge in [0.1, 0.15) is 0 Å². The molecule has 0 bridgehead atoms. The summed E-state index contributed by atoms with van der Waals surface area (Å²) in [5.74, 6) is 1.84. The summed E-state index contributed by atoms with van der Waals surface area (Å²) in [6.07, 6.45) is 27.1. The van der Waals surface area contributed by atoms with Crippen LogP contribution < -0.4 is 0 Å². The van der Waals surface area contributed by atoms with Crippen molar-refractivity contribution in [1.82, 2.24) is 4.98 Å². The fourth-order valence-electron chi connectivity index (χ4n) is 5.23. The molecule has 1 heteroatoms. The SMILES string of the molecule is CCCCCCc1ccc(-c2ccc(CCC=CC3CCC(CCCCC)CC3)cc2)nc1. The summed E-state index contributed by atoms with van der Waals surface area (Å²) in [5.41, 5.74) is 5.10. The zero-order valence-electron chi connectivity index (χ0n) is 21.4. The first-order chi connectivity index (χ1) is 16.3. The first-order valence-corrected chi connectivity index (χ1v) is 14.0. The Labute approximate surface area is 204 Å². The number of hydrogen-bond acceptors (Lipinski definition) is 1. The van der Waals surface area contributed by atoms with Crippen LogP contribution in [0, 0.1) is 11.8 Å². The Kier molecular flexibility index (Phi) is 11.8. The number of unbranched alkanes of at least 4 members (excludes halogenated alkanes) is 5. The van der Waals surface area contributed by atoms with Crippen LogP contribution in [0.4, 0.5) is 0 Å². The molecule has 0 saturated heterocycles. The third-order valence-electron chi connectivity index (χ3n) is 7.51. The van der Waals surface area contributed by atoms with Crippen LogP contribution in [0.1, 0.15) is 108 Å². The van der Waals surface area contributed by atoms with Gasteiger partial charge in [-0.1, -0.05) is 101 Å². The molecule has 1 saturated carbocycles. The van der Waals surface area contributed by atoms with Gasteiger partial charge >= 0.3 is 0 Å². The van der Waals surface area contributed by atoms with Crippen molar-refractivity contribution in [2.24, 2.45) is 11.8 Å². The highest BCUT2D eigenvalue weighted by molar-refractivity contribution is 5.59. The van der Waals surface area contributed by atoms with E-state index in [-0.39, 0.29) is 0 Å². The van der Waals surface area contributed by atoms with Crippen LogP contribution in [0.15, 0.2) is 54.7 Å². The molecule has 2 aromatic rings. The average Bonchev–Trinajstić information content (AvgIpc) is 2.86. The monoisotopic (exact) mass is 445 g/mol. The third kappa shape index (κ3) is 9.48. The van der Waals surface area contributed by atoms with Crippen LogP contribution in [-0.4, -0.2) is 4.98 Å². The molecule has 3 rings (SSSR count). The maximum atomic E-state index is 4.72. The van der Waals surface area contributed by atoms with Crippen molar-refractivity contribution in [3.05, 3.63) is 65.9 Å². The average molecular weight is 446 g/mol. The fourth-order valence-corrected chi connectivity index (χ4v) is 5.23. The molecule has 0 aliphatic heterocycles. The smallest absolute Gasteiger partial charge is 0.0702 e. The highest BCUT2D eigenvalue weighted by Gasteiger charge is 2.18. The molecule has 180 valence electrons. The Hall–Kier alpha value is -1.89. The Morgan fingerprint density at radius 1 is 0.758 bits per heavy atom. The largest absolute Gasteiger partial charge is 0.256 e. The minimum atomic E-state index is 0.829. The Morgan fingerprint density at radius 2 is 1.48 bits per heavy atom. The van der Waals surface area contributed by atoms with E-state index in [1.165, 1.54) is 93.7 Å². The molecule has 0 radical (unpaired) electrons. The summed E-state index contributed by atoms with van der Waals surface area (Å²) >= 11 is 0. The summed E-state index contributed by atoms with van der Waals surface area (Å²) in [6.45, 7) is 4.57. The molecular weight excluding hydrogens is 398 g/mol. The molecule has 0 atom stereocenters. The minimum absolute atomic E-state index is 0.829. The Morgan fingerprint density at radius 3 is 2.18 bits per heavy atom. The van der Waals surface area contributed by atoms with Crippen LogP contribution in [0.25, 0.3) is 11.3 Å². The van der Waals surface area contributed by atoms with Crippen molar-refractivity contribution in [3.63, 3.8) is 0 Å². The van der Waals surface area contributed by atoms with Crippen molar-refractivity contribution in [3.8, 4) is 11.3 Å². The molecule has 0 spiro atoms. The lowest BCUT2D eigenvalue weighted by molar-refractivity contribution is 0.289. The molecule has 1 aromatic heterocycles. The second-order valence-electron chi connectivity index (χ2n) is 10.3. The number of benzene rings is 1. The maximum Gasteiger partial charge on any atom is 0.0702 e. The van der Waals surface area contributed by atoms with E-state index in [9.17, 15) is 0 Å². The van der Waals surface area contributed by atoms with E-state index in [0.29, 0.717) is 0 Å². The van der Waals surface area contributed by atoms with Crippen LogP contribution in [0.5, 0.6) is 0 Å². The molecule has 1 aromatic carbocycles. The van der Waals surface area contributed by atoms with E-state index in [0.717, 1.165) is 36.8 Å². The standard InChI is InChI=1S/C32H47N/c1-3-5-7-9-15-30-22-25-32(33-26-30)31-23-20-29(21-24-31)14-11-10-13-28-18-16-27(17-19-28)12-8-6-4-2/h10,13,20-28H,3-9,11-12,14-19H2,1-2H3. The zero-order valence-corrected chi connectivity index (χ0v) is 21.4. The molecule has 33 heavy (non-hydrogen) atoms. The number of aryl methyl sites for hydroxylation is 2. The summed E-state index contributed by atoms with van der Waals surface area (Å²) in [6, 6.07) is 13.5. The van der Waals surface area contributed by atoms with Crippen LogP contribution in [0.2, 0.25) is 0 Å². The van der Waals surface area contributed by atoms with Gasteiger partial charge in [0.05, 0.1) is 5.69 Å². The minimum Gasteiger partial charge on any atom is -0.256 e. The van der Waals surface area contributed by atoms with Gasteiger partial charge in [0.15, 0.2) is 0 Å². The van der Waals surface area contributed by atoms with Gasteiger partial charge in [0, 0.05) is 11.8 Å². The first-order valence-electron chi connectivity index (χ1n) is 14.0. The van der Waals surface area contributed by atoms with Crippen molar-refractivity contribution >= 4 is 0 Å². The van der Waals surface area contributed by atoms with Crippen molar-refractivity contribution < 1.29 is 0 Å². The number of hydrogen-bond donors (Lipinski definition) is 0. The van der Waals surface area contributed by atoms with Gasteiger partial charge in [0.2, 0.25) is 0 Å². The van der Waals surface area contributed by atoms with Gasteiger partial charge in [-0.15, -0.1) is 0 Å². The molecule has 1 fully saturated rings. The molecule has 1 aliphatic carbocycles. The molecule has 0 N–H and O–H groups in total. The van der Waals surface area contributed by atoms with Gasteiger partial charge in [-0.3, -0.25) is 4.98 Å². The summed E-state index contributed by atoms with van der Waals surface area (Å²) < 4.78 is 0. The lowest BCUT2D eigenvalue weighted by Gasteiger charge is -2.26. The summed E-state index contributed by atoms with van der Waals surface area (Å²) in [7, 11) is 0. The molecule has 1 aliphatic rings. The van der Waals surface area contributed by atoms with Crippen LogP contribution >= 0.6 is 0 Å². The molecule has 0 unspecified atom stereocenters. The van der Waals surface area contributed by atoms with Gasteiger partial charge in [-0.05, 0) is 80.4 Å². The van der Waals surface area contributed by atoms with Gasteiger partial charge in [0.25, 0.3) is 0 Å². The van der Waals surface area contributed by atoms with E-state index >= 15 is 0 Å². The number of rotatable bonds is 14. The van der Waals surface area contributed by atoms with E-state index in [2.05, 4.69) is 68.6 Å². The van der Waals surface area contributed by atoms with Gasteiger partial charge in [-0.25, -0.2) is 0 Å². The van der Waals surface area contributed by atoms with Gasteiger partial charge < -0.3 is 0 Å². The second kappa shape index (κ2) is 15.1. The maximum absolute atomic E-state index is 4.72. The normalized spacial score (nSPS) is 18.7. The van der Waals surface area contributed by atoms with Crippen LogP contribution in [-0.2, 0) is 12.8 Å². The molecular formula is C32H47N. The number of nitrogens with zero attached hydrogens (tertiary/aromatic N) is 1. The van der Waals surface area contributed by atoms with E-state index in [1.54, 1.807) is 0 Å². The predicted molar refractivity (Wildman–Crippen MR) is 145 cm³/mol. The van der Waals surface area contributed by atoms with Crippen molar-refractivity contribution in [1.29, 1.82) is 0 Å².